The molecule has 0 amide bonds. The highest BCUT2D eigenvalue weighted by Gasteiger charge is 2.42. The van der Waals surface area contributed by atoms with Crippen LogP contribution in [0.15, 0.2) is 0 Å². The SMILES string of the molecule is CC(CNCC(F)(F)F)CC1CCC2(CCCC2)O1. The van der Waals surface area contributed by atoms with Gasteiger partial charge in [0.1, 0.15) is 0 Å². The normalized spacial score (nSPS) is 28.1. The molecule has 2 aliphatic rings. The molecule has 0 bridgehead atoms. The molecule has 1 saturated heterocycles. The second-order valence-electron chi connectivity index (χ2n) is 6.26. The second-order valence-corrected chi connectivity index (χ2v) is 6.26. The van der Waals surface area contributed by atoms with Gasteiger partial charge in [-0.15, -0.1) is 0 Å². The van der Waals surface area contributed by atoms with Gasteiger partial charge >= 0.3 is 6.18 Å². The van der Waals surface area contributed by atoms with Crippen molar-refractivity contribution in [2.45, 2.75) is 69.8 Å². The first-order valence-corrected chi connectivity index (χ1v) is 7.34. The van der Waals surface area contributed by atoms with Crippen molar-refractivity contribution >= 4 is 0 Å². The van der Waals surface area contributed by atoms with E-state index >= 15 is 0 Å². The number of nitrogens with one attached hydrogen (secondary N) is 1. The summed E-state index contributed by atoms with van der Waals surface area (Å²) in [5.74, 6) is 0.226. The Bertz CT molecular complexity index is 287. The van der Waals surface area contributed by atoms with Gasteiger partial charge in [0.2, 0.25) is 0 Å². The van der Waals surface area contributed by atoms with E-state index in [0.29, 0.717) is 6.54 Å². The average molecular weight is 279 g/mol. The Morgan fingerprint density at radius 2 is 1.95 bits per heavy atom. The molecule has 1 heterocycles. The number of hydrogen-bond acceptors (Lipinski definition) is 2. The molecule has 0 aromatic heterocycles. The predicted molar refractivity (Wildman–Crippen MR) is 68.0 cm³/mol. The quantitative estimate of drug-likeness (QED) is 0.829. The molecule has 2 fully saturated rings. The number of ether oxygens (including phenoxy) is 1. The Hall–Kier alpha value is -0.290. The number of hydrogen-bond donors (Lipinski definition) is 1. The topological polar surface area (TPSA) is 21.3 Å². The lowest BCUT2D eigenvalue weighted by molar-refractivity contribution is -0.125. The highest BCUT2D eigenvalue weighted by molar-refractivity contribution is 4.93. The van der Waals surface area contributed by atoms with Gasteiger partial charge in [-0.1, -0.05) is 19.8 Å². The lowest BCUT2D eigenvalue weighted by Crippen LogP contribution is -2.33. The largest absolute Gasteiger partial charge is 0.401 e. The Morgan fingerprint density at radius 3 is 2.58 bits per heavy atom. The molecule has 1 saturated carbocycles. The average Bonchev–Trinajstić information content (AvgIpc) is 2.88. The summed E-state index contributed by atoms with van der Waals surface area (Å²) in [6, 6.07) is 0. The minimum absolute atomic E-state index is 0.129. The third-order valence-electron chi connectivity index (χ3n) is 4.34. The predicted octanol–water partition coefficient (Wildman–Crippen LogP) is 3.66. The zero-order valence-electron chi connectivity index (χ0n) is 11.6. The fourth-order valence-corrected chi connectivity index (χ4v) is 3.44. The summed E-state index contributed by atoms with van der Waals surface area (Å²) in [5, 5.41) is 2.48. The molecule has 5 heteroatoms. The molecule has 0 aromatic rings. The van der Waals surface area contributed by atoms with E-state index in [1.165, 1.54) is 25.7 Å². The summed E-state index contributed by atoms with van der Waals surface area (Å²) in [7, 11) is 0. The van der Waals surface area contributed by atoms with E-state index in [1.807, 2.05) is 6.92 Å². The summed E-state index contributed by atoms with van der Waals surface area (Å²) in [4.78, 5) is 0. The van der Waals surface area contributed by atoms with Crippen molar-refractivity contribution in [2.75, 3.05) is 13.1 Å². The maximum absolute atomic E-state index is 12.0. The number of halogens is 3. The summed E-state index contributed by atoms with van der Waals surface area (Å²) in [6.07, 6.45) is 4.08. The van der Waals surface area contributed by atoms with Gasteiger partial charge in [-0.25, -0.2) is 0 Å². The van der Waals surface area contributed by atoms with Crippen LogP contribution >= 0.6 is 0 Å². The monoisotopic (exact) mass is 279 g/mol. The summed E-state index contributed by atoms with van der Waals surface area (Å²) in [5.41, 5.74) is 0.129. The maximum Gasteiger partial charge on any atom is 0.401 e. The van der Waals surface area contributed by atoms with Gasteiger partial charge in [-0.3, -0.25) is 0 Å². The van der Waals surface area contributed by atoms with Gasteiger partial charge in [0.05, 0.1) is 18.2 Å². The lowest BCUT2D eigenvalue weighted by Gasteiger charge is -2.25. The minimum Gasteiger partial charge on any atom is -0.372 e. The smallest absolute Gasteiger partial charge is 0.372 e. The van der Waals surface area contributed by atoms with Crippen molar-refractivity contribution in [1.29, 1.82) is 0 Å². The Labute approximate surface area is 113 Å². The first kappa shape index (κ1) is 15.1. The van der Waals surface area contributed by atoms with Crippen molar-refractivity contribution in [3.8, 4) is 0 Å². The maximum atomic E-state index is 12.0. The van der Waals surface area contributed by atoms with Crippen LogP contribution in [0.25, 0.3) is 0 Å². The molecule has 2 rings (SSSR count). The van der Waals surface area contributed by atoms with Crippen LogP contribution in [0.1, 0.15) is 51.9 Å². The van der Waals surface area contributed by atoms with Crippen molar-refractivity contribution in [3.63, 3.8) is 0 Å². The molecule has 2 unspecified atom stereocenters. The van der Waals surface area contributed by atoms with Crippen LogP contribution in [0.5, 0.6) is 0 Å². The molecule has 19 heavy (non-hydrogen) atoms. The highest BCUT2D eigenvalue weighted by atomic mass is 19.4. The molecule has 2 atom stereocenters. The van der Waals surface area contributed by atoms with Crippen molar-refractivity contribution in [1.82, 2.24) is 5.32 Å². The standard InChI is InChI=1S/C14H24F3NO/c1-11(9-18-10-14(15,16)17)8-12-4-7-13(19-12)5-2-3-6-13/h11-12,18H,2-10H2,1H3. The van der Waals surface area contributed by atoms with Crippen LogP contribution in [0.4, 0.5) is 13.2 Å². The summed E-state index contributed by atoms with van der Waals surface area (Å²) >= 11 is 0. The summed E-state index contributed by atoms with van der Waals surface area (Å²) in [6.45, 7) is 1.51. The summed E-state index contributed by atoms with van der Waals surface area (Å²) < 4.78 is 42.2. The molecular formula is C14H24F3NO. The number of rotatable bonds is 5. The Morgan fingerprint density at radius 1 is 1.26 bits per heavy atom. The molecule has 112 valence electrons. The fraction of sp³-hybridized carbons (Fsp3) is 1.00. The van der Waals surface area contributed by atoms with Crippen LogP contribution in [-0.4, -0.2) is 31.0 Å². The van der Waals surface area contributed by atoms with E-state index in [-0.39, 0.29) is 17.6 Å². The van der Waals surface area contributed by atoms with E-state index in [0.717, 1.165) is 19.3 Å². The zero-order chi connectivity index (χ0) is 13.9. The Balaban J connectivity index is 1.65. The molecule has 1 spiro atoms. The van der Waals surface area contributed by atoms with Gasteiger partial charge in [-0.05, 0) is 44.6 Å². The van der Waals surface area contributed by atoms with Crippen LogP contribution < -0.4 is 5.32 Å². The molecule has 1 aliphatic heterocycles. The van der Waals surface area contributed by atoms with Crippen LogP contribution in [0, 0.1) is 5.92 Å². The zero-order valence-corrected chi connectivity index (χ0v) is 11.6. The third-order valence-corrected chi connectivity index (χ3v) is 4.34. The van der Waals surface area contributed by atoms with E-state index in [1.54, 1.807) is 0 Å². The van der Waals surface area contributed by atoms with E-state index in [4.69, 9.17) is 4.74 Å². The fourth-order valence-electron chi connectivity index (χ4n) is 3.44. The van der Waals surface area contributed by atoms with Crippen molar-refractivity contribution < 1.29 is 17.9 Å². The molecule has 0 aromatic carbocycles. The van der Waals surface area contributed by atoms with Gasteiger partial charge in [0.25, 0.3) is 0 Å². The van der Waals surface area contributed by atoms with Crippen LogP contribution in [-0.2, 0) is 4.74 Å². The minimum atomic E-state index is -4.11. The van der Waals surface area contributed by atoms with Crippen molar-refractivity contribution in [2.24, 2.45) is 5.92 Å². The molecule has 1 N–H and O–H groups in total. The van der Waals surface area contributed by atoms with E-state index in [2.05, 4.69) is 5.32 Å². The molecule has 2 nitrogen and oxygen atoms in total. The highest BCUT2D eigenvalue weighted by Crippen LogP contribution is 2.44. The number of alkyl halides is 3. The first-order chi connectivity index (χ1) is 8.89. The van der Waals surface area contributed by atoms with Gasteiger partial charge < -0.3 is 10.1 Å². The van der Waals surface area contributed by atoms with Crippen molar-refractivity contribution in [3.05, 3.63) is 0 Å². The van der Waals surface area contributed by atoms with Gasteiger partial charge in [0.15, 0.2) is 0 Å². The van der Waals surface area contributed by atoms with E-state index in [9.17, 15) is 13.2 Å². The first-order valence-electron chi connectivity index (χ1n) is 7.34. The Kier molecular flexibility index (Phi) is 4.77. The van der Waals surface area contributed by atoms with Gasteiger partial charge in [0, 0.05) is 0 Å². The lowest BCUT2D eigenvalue weighted by atomic mass is 9.96. The van der Waals surface area contributed by atoms with Crippen LogP contribution in [0.3, 0.4) is 0 Å². The molecular weight excluding hydrogens is 255 g/mol. The van der Waals surface area contributed by atoms with Gasteiger partial charge in [-0.2, -0.15) is 13.2 Å². The second kappa shape index (κ2) is 6.00. The molecule has 1 aliphatic carbocycles. The third kappa shape index (κ3) is 4.63. The van der Waals surface area contributed by atoms with Crippen LogP contribution in [0.2, 0.25) is 0 Å². The molecule has 0 radical (unpaired) electrons. The van der Waals surface area contributed by atoms with E-state index < -0.39 is 12.7 Å².